The van der Waals surface area contributed by atoms with Crippen LogP contribution >= 0.6 is 0 Å². The largest absolute Gasteiger partial charge is 0.497 e. The highest BCUT2D eigenvalue weighted by molar-refractivity contribution is 6.00. The van der Waals surface area contributed by atoms with Crippen molar-refractivity contribution in [1.29, 1.82) is 0 Å². The van der Waals surface area contributed by atoms with Crippen molar-refractivity contribution >= 4 is 17.9 Å². The first-order valence-corrected chi connectivity index (χ1v) is 10.7. The zero-order chi connectivity index (χ0) is 22.7. The van der Waals surface area contributed by atoms with Gasteiger partial charge in [-0.1, -0.05) is 24.3 Å². The first-order chi connectivity index (χ1) is 15.5. The van der Waals surface area contributed by atoms with Gasteiger partial charge in [0, 0.05) is 6.54 Å². The zero-order valence-corrected chi connectivity index (χ0v) is 18.2. The second kappa shape index (κ2) is 9.40. The number of amides is 3. The van der Waals surface area contributed by atoms with Crippen LogP contribution in [0.2, 0.25) is 0 Å². The van der Waals surface area contributed by atoms with Gasteiger partial charge in [-0.15, -0.1) is 0 Å². The van der Waals surface area contributed by atoms with Crippen LogP contribution < -0.4 is 10.1 Å². The number of imide groups is 1. The first kappa shape index (κ1) is 21.8. The summed E-state index contributed by atoms with van der Waals surface area (Å²) in [5, 5.41) is 3.31. The second-order valence-corrected chi connectivity index (χ2v) is 8.01. The van der Waals surface area contributed by atoms with Crippen molar-refractivity contribution < 1.29 is 23.9 Å². The minimum Gasteiger partial charge on any atom is -0.497 e. The van der Waals surface area contributed by atoms with Gasteiger partial charge >= 0.3 is 12.0 Å². The normalized spacial score (nSPS) is 20.7. The van der Waals surface area contributed by atoms with Gasteiger partial charge in [0.1, 0.15) is 11.8 Å². The quantitative estimate of drug-likeness (QED) is 0.699. The molecule has 2 atom stereocenters. The standard InChI is InChI=1S/C24H27N3O5/c1-31-19-11-7-17(8-12-19)15-27-22(28)21-20(4-3-13-25-21)26(24(27)30)14-16-5-9-18(10-6-16)23(29)32-2/h5-12,20-21,25H,3-4,13-15H2,1-2H3. The molecule has 2 aliphatic heterocycles. The van der Waals surface area contributed by atoms with Gasteiger partial charge in [-0.25, -0.2) is 9.59 Å². The summed E-state index contributed by atoms with van der Waals surface area (Å²) >= 11 is 0. The molecular weight excluding hydrogens is 410 g/mol. The van der Waals surface area contributed by atoms with Crippen LogP contribution in [0.3, 0.4) is 0 Å². The molecule has 2 saturated heterocycles. The molecule has 0 bridgehead atoms. The van der Waals surface area contributed by atoms with E-state index in [1.165, 1.54) is 12.0 Å². The average Bonchev–Trinajstić information content (AvgIpc) is 2.84. The number of nitrogens with zero attached hydrogens (tertiary/aromatic N) is 2. The summed E-state index contributed by atoms with van der Waals surface area (Å²) in [5.74, 6) is 0.127. The van der Waals surface area contributed by atoms with E-state index in [-0.39, 0.29) is 24.5 Å². The number of urea groups is 1. The van der Waals surface area contributed by atoms with Crippen molar-refractivity contribution in [3.8, 4) is 5.75 Å². The molecule has 0 radical (unpaired) electrons. The van der Waals surface area contributed by atoms with Crippen LogP contribution in [-0.4, -0.2) is 60.6 Å². The number of carbonyl (C=O) groups excluding carboxylic acids is 3. The van der Waals surface area contributed by atoms with Crippen LogP contribution in [0.15, 0.2) is 48.5 Å². The molecule has 0 aliphatic carbocycles. The molecule has 2 aromatic rings. The fourth-order valence-electron chi connectivity index (χ4n) is 4.32. The van der Waals surface area contributed by atoms with Crippen molar-refractivity contribution in [3.05, 3.63) is 65.2 Å². The third kappa shape index (κ3) is 4.31. The predicted molar refractivity (Wildman–Crippen MR) is 117 cm³/mol. The van der Waals surface area contributed by atoms with E-state index in [4.69, 9.17) is 9.47 Å². The average molecular weight is 437 g/mol. The van der Waals surface area contributed by atoms with Crippen LogP contribution in [0.25, 0.3) is 0 Å². The Hall–Kier alpha value is -3.39. The van der Waals surface area contributed by atoms with Gasteiger partial charge in [0.15, 0.2) is 0 Å². The lowest BCUT2D eigenvalue weighted by Crippen LogP contribution is -2.68. The van der Waals surface area contributed by atoms with Crippen LogP contribution in [0, 0.1) is 0 Å². The van der Waals surface area contributed by atoms with Gasteiger partial charge in [0.05, 0.1) is 32.4 Å². The Kier molecular flexibility index (Phi) is 6.41. The topological polar surface area (TPSA) is 88.2 Å². The highest BCUT2D eigenvalue weighted by Gasteiger charge is 2.46. The molecule has 2 aliphatic rings. The van der Waals surface area contributed by atoms with Gasteiger partial charge in [-0.3, -0.25) is 9.69 Å². The van der Waals surface area contributed by atoms with Crippen LogP contribution in [-0.2, 0) is 22.6 Å². The molecule has 2 unspecified atom stereocenters. The maximum Gasteiger partial charge on any atom is 0.337 e. The summed E-state index contributed by atoms with van der Waals surface area (Å²) in [6, 6.07) is 13.4. The maximum atomic E-state index is 13.4. The van der Waals surface area contributed by atoms with Crippen molar-refractivity contribution in [2.75, 3.05) is 20.8 Å². The number of esters is 1. The van der Waals surface area contributed by atoms with Gasteiger partial charge < -0.3 is 19.7 Å². The molecule has 0 aromatic heterocycles. The smallest absolute Gasteiger partial charge is 0.337 e. The monoisotopic (exact) mass is 437 g/mol. The summed E-state index contributed by atoms with van der Waals surface area (Å²) in [6.07, 6.45) is 1.67. The molecule has 2 heterocycles. The molecule has 1 N–H and O–H groups in total. The Bertz CT molecular complexity index is 990. The number of piperidine rings is 1. The second-order valence-electron chi connectivity index (χ2n) is 8.01. The van der Waals surface area contributed by atoms with E-state index in [0.717, 1.165) is 36.3 Å². The first-order valence-electron chi connectivity index (χ1n) is 10.7. The number of hydrogen-bond acceptors (Lipinski definition) is 6. The molecule has 0 saturated carbocycles. The number of nitrogens with one attached hydrogen (secondary N) is 1. The lowest BCUT2D eigenvalue weighted by Gasteiger charge is -2.47. The SMILES string of the molecule is COC(=O)c1ccc(CN2C(=O)N(Cc3ccc(OC)cc3)C(=O)C3NCCCC32)cc1. The summed E-state index contributed by atoms with van der Waals surface area (Å²) in [7, 11) is 2.93. The summed E-state index contributed by atoms with van der Waals surface area (Å²) < 4.78 is 9.94. The van der Waals surface area contributed by atoms with Gasteiger partial charge in [-0.05, 0) is 54.8 Å². The number of carbonyl (C=O) groups is 3. The van der Waals surface area contributed by atoms with Gasteiger partial charge in [0.25, 0.3) is 0 Å². The molecule has 2 fully saturated rings. The Balaban J connectivity index is 1.57. The number of ether oxygens (including phenoxy) is 2. The van der Waals surface area contributed by atoms with Crippen molar-refractivity contribution in [1.82, 2.24) is 15.1 Å². The van der Waals surface area contributed by atoms with E-state index < -0.39 is 12.0 Å². The molecular formula is C24H27N3O5. The fraction of sp³-hybridized carbons (Fsp3) is 0.375. The predicted octanol–water partition coefficient (Wildman–Crippen LogP) is 2.57. The number of rotatable bonds is 6. The molecule has 8 heteroatoms. The molecule has 4 rings (SSSR count). The third-order valence-corrected chi connectivity index (χ3v) is 6.06. The molecule has 2 aromatic carbocycles. The number of methoxy groups -OCH3 is 2. The molecule has 168 valence electrons. The van der Waals surface area contributed by atoms with Crippen LogP contribution in [0.1, 0.15) is 34.3 Å². The van der Waals surface area contributed by atoms with E-state index >= 15 is 0 Å². The zero-order valence-electron chi connectivity index (χ0n) is 18.2. The van der Waals surface area contributed by atoms with E-state index in [9.17, 15) is 14.4 Å². The lowest BCUT2D eigenvalue weighted by molar-refractivity contribution is -0.137. The summed E-state index contributed by atoms with van der Waals surface area (Å²) in [5.41, 5.74) is 2.19. The maximum absolute atomic E-state index is 13.4. The minimum atomic E-state index is -0.422. The number of fused-ring (bicyclic) bond motifs is 1. The van der Waals surface area contributed by atoms with Crippen LogP contribution in [0.5, 0.6) is 5.75 Å². The van der Waals surface area contributed by atoms with E-state index in [0.29, 0.717) is 12.1 Å². The molecule has 3 amide bonds. The summed E-state index contributed by atoms with van der Waals surface area (Å²) in [6.45, 7) is 1.30. The molecule has 8 nitrogen and oxygen atoms in total. The van der Waals surface area contributed by atoms with Gasteiger partial charge in [-0.2, -0.15) is 0 Å². The van der Waals surface area contributed by atoms with E-state index in [1.807, 2.05) is 36.4 Å². The van der Waals surface area contributed by atoms with E-state index in [1.54, 1.807) is 24.1 Å². The highest BCUT2D eigenvalue weighted by Crippen LogP contribution is 2.28. The van der Waals surface area contributed by atoms with Crippen molar-refractivity contribution in [2.24, 2.45) is 0 Å². The fourth-order valence-corrected chi connectivity index (χ4v) is 4.32. The minimum absolute atomic E-state index is 0.187. The highest BCUT2D eigenvalue weighted by atomic mass is 16.5. The number of hydrogen-bond donors (Lipinski definition) is 1. The Labute approximate surface area is 187 Å². The third-order valence-electron chi connectivity index (χ3n) is 6.06. The van der Waals surface area contributed by atoms with Gasteiger partial charge in [0.2, 0.25) is 5.91 Å². The Morgan fingerprint density at radius 3 is 2.31 bits per heavy atom. The Morgan fingerprint density at radius 2 is 1.66 bits per heavy atom. The summed E-state index contributed by atoms with van der Waals surface area (Å²) in [4.78, 5) is 41.4. The Morgan fingerprint density at radius 1 is 1.00 bits per heavy atom. The lowest BCUT2D eigenvalue weighted by atomic mass is 9.92. The van der Waals surface area contributed by atoms with Crippen molar-refractivity contribution in [2.45, 2.75) is 38.0 Å². The number of benzene rings is 2. The van der Waals surface area contributed by atoms with Crippen LogP contribution in [0.4, 0.5) is 4.79 Å². The molecule has 32 heavy (non-hydrogen) atoms. The van der Waals surface area contributed by atoms with E-state index in [2.05, 4.69) is 5.32 Å². The van der Waals surface area contributed by atoms with Crippen molar-refractivity contribution in [3.63, 3.8) is 0 Å². The molecule has 0 spiro atoms.